The molecule has 0 spiro atoms. The quantitative estimate of drug-likeness (QED) is 0.792. The van der Waals surface area contributed by atoms with Crippen LogP contribution in [0.4, 0.5) is 0 Å². The molecule has 6 nitrogen and oxygen atoms in total. The fraction of sp³-hybridized carbons (Fsp3) is 0.400. The van der Waals surface area contributed by atoms with E-state index in [1.165, 1.54) is 4.31 Å². The van der Waals surface area contributed by atoms with Crippen molar-refractivity contribution in [1.82, 2.24) is 14.6 Å². The van der Waals surface area contributed by atoms with Crippen molar-refractivity contribution >= 4 is 15.9 Å². The minimum Gasteiger partial charge on any atom is -0.350 e. The van der Waals surface area contributed by atoms with Crippen LogP contribution in [-0.4, -0.2) is 36.7 Å². The minimum atomic E-state index is -3.39. The summed E-state index contributed by atoms with van der Waals surface area (Å²) in [5.74, 6) is -0.0416. The molecule has 1 aliphatic heterocycles. The average Bonchev–Trinajstić information content (AvgIpc) is 3.23. The molecule has 1 aliphatic rings. The van der Waals surface area contributed by atoms with Crippen LogP contribution in [0.25, 0.3) is 0 Å². The lowest BCUT2D eigenvalue weighted by Gasteiger charge is -2.16. The zero-order chi connectivity index (χ0) is 19.3. The van der Waals surface area contributed by atoms with Crippen LogP contribution in [0.3, 0.4) is 0 Å². The van der Waals surface area contributed by atoms with Crippen LogP contribution < -0.4 is 5.32 Å². The highest BCUT2D eigenvalue weighted by molar-refractivity contribution is 7.89. The molecule has 0 saturated carbocycles. The van der Waals surface area contributed by atoms with Crippen molar-refractivity contribution in [2.45, 2.75) is 43.5 Å². The van der Waals surface area contributed by atoms with Gasteiger partial charge in [-0.3, -0.25) is 9.78 Å². The molecule has 3 rings (SSSR count). The highest BCUT2D eigenvalue weighted by Crippen LogP contribution is 2.21. The van der Waals surface area contributed by atoms with Gasteiger partial charge in [0.1, 0.15) is 0 Å². The first-order chi connectivity index (χ1) is 13.0. The van der Waals surface area contributed by atoms with Crippen molar-refractivity contribution in [3.63, 3.8) is 0 Å². The van der Waals surface area contributed by atoms with Crippen molar-refractivity contribution in [3.05, 3.63) is 59.9 Å². The number of hydrogen-bond acceptors (Lipinski definition) is 4. The Morgan fingerprint density at radius 1 is 1.19 bits per heavy atom. The summed E-state index contributed by atoms with van der Waals surface area (Å²) >= 11 is 0. The third kappa shape index (κ3) is 4.93. The Balaban J connectivity index is 1.53. The van der Waals surface area contributed by atoms with E-state index in [1.807, 2.05) is 19.1 Å². The first-order valence-corrected chi connectivity index (χ1v) is 10.7. The number of amides is 1. The molecule has 1 aromatic carbocycles. The molecule has 0 unspecified atom stereocenters. The van der Waals surface area contributed by atoms with Gasteiger partial charge in [0.05, 0.1) is 10.9 Å². The Kier molecular flexibility index (Phi) is 6.23. The number of carbonyl (C=O) groups excluding carboxylic acids is 1. The van der Waals surface area contributed by atoms with Gasteiger partial charge >= 0.3 is 0 Å². The van der Waals surface area contributed by atoms with Gasteiger partial charge in [-0.25, -0.2) is 8.42 Å². The molecule has 7 heteroatoms. The first kappa shape index (κ1) is 19.5. The molecule has 2 aromatic rings. The molecule has 1 saturated heterocycles. The summed E-state index contributed by atoms with van der Waals surface area (Å²) < 4.78 is 26.6. The lowest BCUT2D eigenvalue weighted by Crippen LogP contribution is -2.28. The summed E-state index contributed by atoms with van der Waals surface area (Å²) in [7, 11) is -3.39. The molecule has 2 heterocycles. The highest BCUT2D eigenvalue weighted by atomic mass is 32.2. The highest BCUT2D eigenvalue weighted by Gasteiger charge is 2.26. The van der Waals surface area contributed by atoms with E-state index in [-0.39, 0.29) is 11.9 Å². The summed E-state index contributed by atoms with van der Waals surface area (Å²) in [5.41, 5.74) is 1.90. The molecule has 1 atom stereocenters. The number of pyridine rings is 1. The number of rotatable bonds is 7. The van der Waals surface area contributed by atoms with E-state index >= 15 is 0 Å². The molecule has 1 N–H and O–H groups in total. The van der Waals surface area contributed by atoms with Crippen LogP contribution >= 0.6 is 0 Å². The Morgan fingerprint density at radius 2 is 1.89 bits per heavy atom. The topological polar surface area (TPSA) is 79.4 Å². The normalized spacial score (nSPS) is 16.2. The van der Waals surface area contributed by atoms with Gasteiger partial charge in [-0.1, -0.05) is 18.2 Å². The van der Waals surface area contributed by atoms with Gasteiger partial charge < -0.3 is 5.32 Å². The van der Waals surface area contributed by atoms with Crippen LogP contribution in [0.1, 0.15) is 43.4 Å². The van der Waals surface area contributed by atoms with E-state index < -0.39 is 10.0 Å². The lowest BCUT2D eigenvalue weighted by molar-refractivity contribution is -0.121. The molecule has 1 aromatic heterocycles. The molecule has 0 radical (unpaired) electrons. The summed E-state index contributed by atoms with van der Waals surface area (Å²) in [6.45, 7) is 3.12. The van der Waals surface area contributed by atoms with Crippen molar-refractivity contribution in [1.29, 1.82) is 0 Å². The minimum absolute atomic E-state index is 0.0416. The first-order valence-electron chi connectivity index (χ1n) is 9.25. The summed E-state index contributed by atoms with van der Waals surface area (Å²) in [6, 6.07) is 10.5. The number of nitrogens with one attached hydrogen (secondary N) is 1. The number of carbonyl (C=O) groups is 1. The summed E-state index contributed by atoms with van der Waals surface area (Å²) in [4.78, 5) is 16.5. The van der Waals surface area contributed by atoms with Gasteiger partial charge in [-0.2, -0.15) is 4.31 Å². The fourth-order valence-corrected chi connectivity index (χ4v) is 4.71. The second kappa shape index (κ2) is 8.63. The maximum Gasteiger partial charge on any atom is 0.243 e. The van der Waals surface area contributed by atoms with Crippen LogP contribution in [0.15, 0.2) is 53.7 Å². The van der Waals surface area contributed by atoms with E-state index in [4.69, 9.17) is 0 Å². The molecule has 0 aliphatic carbocycles. The van der Waals surface area contributed by atoms with E-state index in [2.05, 4.69) is 10.3 Å². The van der Waals surface area contributed by atoms with Crippen LogP contribution in [-0.2, 0) is 21.2 Å². The molecule has 144 valence electrons. The van der Waals surface area contributed by atoms with Crippen LogP contribution in [0, 0.1) is 0 Å². The molecule has 27 heavy (non-hydrogen) atoms. The molecular weight excluding hydrogens is 362 g/mol. The van der Waals surface area contributed by atoms with Gasteiger partial charge in [0, 0.05) is 31.9 Å². The largest absolute Gasteiger partial charge is 0.350 e. The number of aromatic nitrogens is 1. The second-order valence-electron chi connectivity index (χ2n) is 6.83. The maximum absolute atomic E-state index is 12.5. The van der Waals surface area contributed by atoms with Gasteiger partial charge in [0.25, 0.3) is 0 Å². The van der Waals surface area contributed by atoms with Gasteiger partial charge in [-0.05, 0) is 55.5 Å². The second-order valence-corrected chi connectivity index (χ2v) is 8.77. The van der Waals surface area contributed by atoms with Gasteiger partial charge in [0.15, 0.2) is 0 Å². The lowest BCUT2D eigenvalue weighted by atomic mass is 10.1. The van der Waals surface area contributed by atoms with E-state index in [0.29, 0.717) is 30.8 Å². The molecule has 1 amide bonds. The summed E-state index contributed by atoms with van der Waals surface area (Å²) in [5, 5.41) is 2.96. The predicted octanol–water partition coefficient (Wildman–Crippen LogP) is 2.68. The molecule has 0 bridgehead atoms. The van der Waals surface area contributed by atoms with Crippen molar-refractivity contribution in [2.75, 3.05) is 13.1 Å². The van der Waals surface area contributed by atoms with Gasteiger partial charge in [-0.15, -0.1) is 0 Å². The summed E-state index contributed by atoms with van der Waals surface area (Å²) in [6.07, 6.45) is 6.20. The Hall–Kier alpha value is -2.25. The Bertz CT molecular complexity index is 861. The van der Waals surface area contributed by atoms with E-state index in [9.17, 15) is 13.2 Å². The molecule has 1 fully saturated rings. The Labute approximate surface area is 160 Å². The number of benzene rings is 1. The zero-order valence-electron chi connectivity index (χ0n) is 15.5. The number of aryl methyl sites for hydroxylation is 1. The third-order valence-corrected chi connectivity index (χ3v) is 6.74. The van der Waals surface area contributed by atoms with E-state index in [1.54, 1.807) is 36.7 Å². The molecular formula is C20H25N3O3S. The number of hydrogen-bond donors (Lipinski definition) is 1. The van der Waals surface area contributed by atoms with Crippen molar-refractivity contribution in [3.8, 4) is 0 Å². The number of sulfonamides is 1. The monoisotopic (exact) mass is 387 g/mol. The van der Waals surface area contributed by atoms with Crippen LogP contribution in [0.5, 0.6) is 0 Å². The Morgan fingerprint density at radius 3 is 2.52 bits per heavy atom. The SMILES string of the molecule is C[C@@H](NC(=O)CCc1ccc(S(=O)(=O)N2CCCC2)cc1)c1cccnc1. The third-order valence-electron chi connectivity index (χ3n) is 4.83. The zero-order valence-corrected chi connectivity index (χ0v) is 16.3. The smallest absolute Gasteiger partial charge is 0.243 e. The predicted molar refractivity (Wildman–Crippen MR) is 104 cm³/mol. The number of nitrogens with zero attached hydrogens (tertiary/aromatic N) is 2. The fourth-order valence-electron chi connectivity index (χ4n) is 3.19. The van der Waals surface area contributed by atoms with E-state index in [0.717, 1.165) is 24.0 Å². The van der Waals surface area contributed by atoms with Crippen molar-refractivity contribution < 1.29 is 13.2 Å². The maximum atomic E-state index is 12.5. The van der Waals surface area contributed by atoms with Crippen molar-refractivity contribution in [2.24, 2.45) is 0 Å². The van der Waals surface area contributed by atoms with Gasteiger partial charge in [0.2, 0.25) is 15.9 Å². The average molecular weight is 388 g/mol. The standard InChI is InChI=1S/C20H25N3O3S/c1-16(18-5-4-12-21-15-18)22-20(24)11-8-17-6-9-19(10-7-17)27(25,26)23-13-2-3-14-23/h4-7,9-10,12,15-16H,2-3,8,11,13-14H2,1H3,(H,22,24)/t16-/m1/s1. The van der Waals surface area contributed by atoms with Crippen LogP contribution in [0.2, 0.25) is 0 Å².